The first-order chi connectivity index (χ1) is 15.9. The molecule has 0 bridgehead atoms. The van der Waals surface area contributed by atoms with Crippen LogP contribution in [0, 0.1) is 0 Å². The molecule has 2 aliphatic heterocycles. The van der Waals surface area contributed by atoms with Crippen molar-refractivity contribution >= 4 is 5.97 Å². The number of esters is 1. The summed E-state index contributed by atoms with van der Waals surface area (Å²) < 4.78 is 34.9. The zero-order valence-corrected chi connectivity index (χ0v) is 19.5. The Morgan fingerprint density at radius 1 is 1.00 bits per heavy atom. The van der Waals surface area contributed by atoms with Crippen LogP contribution >= 0.6 is 0 Å². The van der Waals surface area contributed by atoms with Gasteiger partial charge in [0.05, 0.1) is 6.04 Å². The van der Waals surface area contributed by atoms with Crippen LogP contribution < -0.4 is 14.8 Å². The topological polar surface area (TPSA) is 84.5 Å². The maximum absolute atomic E-state index is 13.3. The first-order valence-electron chi connectivity index (χ1n) is 11.2. The van der Waals surface area contributed by atoms with E-state index in [1.165, 1.54) is 0 Å². The highest BCUT2D eigenvalue weighted by Gasteiger charge is 2.59. The quantitative estimate of drug-likeness (QED) is 0.571. The lowest BCUT2D eigenvalue weighted by Gasteiger charge is -2.50. The van der Waals surface area contributed by atoms with Crippen LogP contribution in [0.4, 0.5) is 0 Å². The molecular weight excluding hydrogens is 426 g/mol. The average molecular weight is 458 g/mol. The molecule has 0 aliphatic carbocycles. The minimum Gasteiger partial charge on any atom is -0.454 e. The van der Waals surface area contributed by atoms with Crippen molar-refractivity contribution in [1.29, 1.82) is 0 Å². The van der Waals surface area contributed by atoms with Crippen LogP contribution in [0.5, 0.6) is 11.5 Å². The van der Waals surface area contributed by atoms with Gasteiger partial charge in [0.1, 0.15) is 0 Å². The summed E-state index contributed by atoms with van der Waals surface area (Å²) in [5.41, 5.74) is 1.87. The number of benzene rings is 2. The summed E-state index contributed by atoms with van der Waals surface area (Å²) in [6.07, 6.45) is -0.987. The molecule has 2 aromatic carbocycles. The molecule has 1 saturated heterocycles. The fourth-order valence-electron chi connectivity index (χ4n) is 4.15. The number of fused-ring (bicyclic) bond motifs is 1. The molecule has 2 heterocycles. The number of cyclic esters (lactones) is 1. The number of hydrogen-bond acceptors (Lipinski definition) is 8. The molecule has 0 amide bonds. The van der Waals surface area contributed by atoms with Crippen LogP contribution in [-0.4, -0.2) is 43.7 Å². The van der Waals surface area contributed by atoms with Gasteiger partial charge >= 0.3 is 5.97 Å². The van der Waals surface area contributed by atoms with Crippen molar-refractivity contribution in [3.63, 3.8) is 0 Å². The van der Waals surface area contributed by atoms with Gasteiger partial charge in [-0.05, 0) is 44.0 Å². The van der Waals surface area contributed by atoms with E-state index >= 15 is 0 Å². The van der Waals surface area contributed by atoms with E-state index in [1.807, 2.05) is 62.4 Å². The minimum atomic E-state index is -1.38. The van der Waals surface area contributed by atoms with E-state index in [9.17, 15) is 4.79 Å². The third-order valence-corrected chi connectivity index (χ3v) is 5.97. The van der Waals surface area contributed by atoms with Crippen molar-refractivity contribution in [2.24, 2.45) is 0 Å². The summed E-state index contributed by atoms with van der Waals surface area (Å²) in [6.45, 7) is 8.45. The van der Waals surface area contributed by atoms with E-state index < -0.39 is 29.7 Å². The summed E-state index contributed by atoms with van der Waals surface area (Å²) in [4.78, 5) is 13.3. The standard InChI is InChI=1S/C25H31NO7/c1-5-30-24(3)25(4,31-6-2)33-23(27)22(32-24)21(26-15-17-10-8-7-9-11-17)18-12-13-19-20(14-18)29-16-28-19/h7-14,21-22,26H,5-6,15-16H2,1-4H3/t21-,22+,24-,25-/m0/s1. The predicted octanol–water partition coefficient (Wildman–Crippen LogP) is 3.69. The van der Waals surface area contributed by atoms with E-state index in [1.54, 1.807) is 13.8 Å². The SMILES string of the molecule is CCO[C@@]1(C)OC(=O)[C@@H]([C@@H](NCc2ccccc2)c2ccc3c(c2)OCO3)O[C@]1(C)OCC. The monoisotopic (exact) mass is 457 g/mol. The van der Waals surface area contributed by atoms with Gasteiger partial charge in [0.2, 0.25) is 12.6 Å². The number of rotatable bonds is 9. The molecule has 0 spiro atoms. The Labute approximate surface area is 194 Å². The van der Waals surface area contributed by atoms with Crippen molar-refractivity contribution in [2.45, 2.75) is 58.0 Å². The highest BCUT2D eigenvalue weighted by molar-refractivity contribution is 5.77. The van der Waals surface area contributed by atoms with E-state index in [0.717, 1.165) is 11.1 Å². The number of ether oxygens (including phenoxy) is 6. The Kier molecular flexibility index (Phi) is 6.90. The summed E-state index contributed by atoms with van der Waals surface area (Å²) >= 11 is 0. The first-order valence-corrected chi connectivity index (χ1v) is 11.2. The molecule has 1 fully saturated rings. The maximum atomic E-state index is 13.3. The van der Waals surface area contributed by atoms with Gasteiger partial charge in [-0.1, -0.05) is 36.4 Å². The minimum absolute atomic E-state index is 0.165. The smallest absolute Gasteiger partial charge is 0.340 e. The number of hydrogen-bond donors (Lipinski definition) is 1. The molecule has 8 nitrogen and oxygen atoms in total. The Bertz CT molecular complexity index is 968. The highest BCUT2D eigenvalue weighted by Crippen LogP contribution is 2.42. The van der Waals surface area contributed by atoms with E-state index in [4.69, 9.17) is 28.4 Å². The van der Waals surface area contributed by atoms with Crippen molar-refractivity contribution in [3.8, 4) is 11.5 Å². The van der Waals surface area contributed by atoms with Crippen LogP contribution in [-0.2, 0) is 30.3 Å². The maximum Gasteiger partial charge on any atom is 0.340 e. The molecule has 4 atom stereocenters. The third kappa shape index (κ3) is 4.70. The fourth-order valence-corrected chi connectivity index (χ4v) is 4.15. The lowest BCUT2D eigenvalue weighted by molar-refractivity contribution is -0.416. The van der Waals surface area contributed by atoms with Gasteiger partial charge in [0.15, 0.2) is 17.6 Å². The zero-order valence-electron chi connectivity index (χ0n) is 19.5. The van der Waals surface area contributed by atoms with E-state index in [-0.39, 0.29) is 6.79 Å². The van der Waals surface area contributed by atoms with Crippen molar-refractivity contribution in [1.82, 2.24) is 5.32 Å². The summed E-state index contributed by atoms with van der Waals surface area (Å²) in [6, 6.07) is 15.0. The molecule has 178 valence electrons. The second kappa shape index (κ2) is 9.69. The van der Waals surface area contributed by atoms with E-state index in [2.05, 4.69) is 5.32 Å². The molecule has 2 aliphatic rings. The van der Waals surface area contributed by atoms with Crippen LogP contribution in [0.2, 0.25) is 0 Å². The molecule has 2 aromatic rings. The predicted molar refractivity (Wildman–Crippen MR) is 120 cm³/mol. The van der Waals surface area contributed by atoms with Gasteiger partial charge in [-0.15, -0.1) is 0 Å². The van der Waals surface area contributed by atoms with Gasteiger partial charge < -0.3 is 33.7 Å². The number of carbonyl (C=O) groups excluding carboxylic acids is 1. The Hall–Kier alpha value is -2.65. The van der Waals surface area contributed by atoms with Gasteiger partial charge in [-0.25, -0.2) is 4.79 Å². The molecule has 0 unspecified atom stereocenters. The molecule has 1 N–H and O–H groups in total. The molecule has 8 heteroatoms. The second-order valence-corrected chi connectivity index (χ2v) is 8.17. The lowest BCUT2D eigenvalue weighted by atomic mass is 9.97. The van der Waals surface area contributed by atoms with Gasteiger partial charge in [0, 0.05) is 26.7 Å². The van der Waals surface area contributed by atoms with Crippen molar-refractivity contribution in [2.75, 3.05) is 20.0 Å². The lowest BCUT2D eigenvalue weighted by Crippen LogP contribution is -2.66. The summed E-state index contributed by atoms with van der Waals surface area (Å²) in [7, 11) is 0. The largest absolute Gasteiger partial charge is 0.454 e. The zero-order chi connectivity index (χ0) is 23.5. The average Bonchev–Trinajstić information content (AvgIpc) is 3.26. The molecule has 0 saturated carbocycles. The number of nitrogens with one attached hydrogen (secondary N) is 1. The summed E-state index contributed by atoms with van der Waals surface area (Å²) in [5, 5.41) is 3.46. The normalized spacial score (nSPS) is 27.3. The summed E-state index contributed by atoms with van der Waals surface area (Å²) in [5.74, 6) is -1.94. The van der Waals surface area contributed by atoms with Crippen LogP contribution in [0.25, 0.3) is 0 Å². The Morgan fingerprint density at radius 2 is 1.70 bits per heavy atom. The van der Waals surface area contributed by atoms with Crippen molar-refractivity contribution in [3.05, 3.63) is 59.7 Å². The molecule has 4 rings (SSSR count). The molecule has 33 heavy (non-hydrogen) atoms. The Balaban J connectivity index is 1.67. The third-order valence-electron chi connectivity index (χ3n) is 5.97. The van der Waals surface area contributed by atoms with Crippen LogP contribution in [0.3, 0.4) is 0 Å². The van der Waals surface area contributed by atoms with Crippen LogP contribution in [0.15, 0.2) is 48.5 Å². The molecular formula is C25H31NO7. The highest BCUT2D eigenvalue weighted by atomic mass is 16.8. The Morgan fingerprint density at radius 3 is 2.42 bits per heavy atom. The molecule has 0 aromatic heterocycles. The van der Waals surface area contributed by atoms with E-state index in [0.29, 0.717) is 31.3 Å². The van der Waals surface area contributed by atoms with Crippen LogP contribution in [0.1, 0.15) is 44.9 Å². The molecule has 0 radical (unpaired) electrons. The van der Waals surface area contributed by atoms with Gasteiger partial charge in [-0.2, -0.15) is 0 Å². The first kappa shape index (κ1) is 23.5. The second-order valence-electron chi connectivity index (χ2n) is 8.17. The fraction of sp³-hybridized carbons (Fsp3) is 0.480. The number of carbonyl (C=O) groups is 1. The van der Waals surface area contributed by atoms with Gasteiger partial charge in [-0.3, -0.25) is 0 Å². The van der Waals surface area contributed by atoms with Gasteiger partial charge in [0.25, 0.3) is 5.79 Å². The van der Waals surface area contributed by atoms with Crippen molar-refractivity contribution < 1.29 is 33.2 Å².